The monoisotopic (exact) mass is 973 g/mol. The molecule has 0 unspecified atom stereocenters. The molecule has 1 rings (SSSR count). The predicted molar refractivity (Wildman–Crippen MR) is 262 cm³/mol. The molecule has 7 atom stereocenters. The van der Waals surface area contributed by atoms with Gasteiger partial charge in [0.15, 0.2) is 17.9 Å². The highest BCUT2D eigenvalue weighted by atomic mass is 16.2. The molecule has 0 aromatic heterocycles. The van der Waals surface area contributed by atoms with Gasteiger partial charge in [0, 0.05) is 26.1 Å². The largest absolute Gasteiger partial charge is 0.370 e. The third-order valence-corrected chi connectivity index (χ3v) is 10.2. The molecule has 0 saturated carbocycles. The van der Waals surface area contributed by atoms with Crippen LogP contribution in [0.2, 0.25) is 0 Å². The van der Waals surface area contributed by atoms with Gasteiger partial charge in [-0.05, 0) is 82.2 Å². The number of rotatable bonds is 35. The van der Waals surface area contributed by atoms with Crippen LogP contribution >= 0.6 is 0 Å². The number of aliphatic imine (C=N–C) groups is 3. The van der Waals surface area contributed by atoms with E-state index in [1.165, 1.54) is 0 Å². The van der Waals surface area contributed by atoms with Crippen LogP contribution in [0.25, 0.3) is 0 Å². The highest BCUT2D eigenvalue weighted by molar-refractivity contribution is 5.97. The summed E-state index contributed by atoms with van der Waals surface area (Å²) in [5, 5.41) is 16.0. The number of amides is 7. The van der Waals surface area contributed by atoms with Crippen molar-refractivity contribution in [1.82, 2.24) is 31.9 Å². The van der Waals surface area contributed by atoms with Gasteiger partial charge in [-0.25, -0.2) is 0 Å². The first-order valence-electron chi connectivity index (χ1n) is 22.9. The molecule has 0 aliphatic rings. The Balaban J connectivity index is 3.57. The minimum absolute atomic E-state index is 0.00671. The van der Waals surface area contributed by atoms with Crippen LogP contribution < -0.4 is 83.5 Å². The maximum absolute atomic E-state index is 14.4. The first-order valence-corrected chi connectivity index (χ1v) is 22.9. The lowest BCUT2D eigenvalue weighted by Gasteiger charge is -2.28. The number of aldehydes is 1. The zero-order valence-corrected chi connectivity index (χ0v) is 39.7. The average Bonchev–Trinajstić information content (AvgIpc) is 3.27. The molecule has 0 aliphatic carbocycles. The van der Waals surface area contributed by atoms with E-state index < -0.39 is 90.1 Å². The minimum Gasteiger partial charge on any atom is -0.370 e. The van der Waals surface area contributed by atoms with Crippen molar-refractivity contribution in [3.8, 4) is 0 Å². The summed E-state index contributed by atoms with van der Waals surface area (Å²) in [5.41, 5.74) is 50.1. The smallest absolute Gasteiger partial charge is 0.243 e. The number of benzene rings is 1. The lowest BCUT2D eigenvalue weighted by molar-refractivity contribution is -0.135. The molecule has 24 N–H and O–H groups in total. The molecule has 0 spiro atoms. The van der Waals surface area contributed by atoms with E-state index in [0.29, 0.717) is 37.7 Å². The molecule has 0 radical (unpaired) electrons. The van der Waals surface area contributed by atoms with Gasteiger partial charge in [0.25, 0.3) is 0 Å². The second-order valence-electron chi connectivity index (χ2n) is 16.8. The number of hydrogen-bond acceptors (Lipinski definition) is 13. The van der Waals surface area contributed by atoms with Crippen LogP contribution in [0.5, 0.6) is 0 Å². The maximum atomic E-state index is 14.4. The van der Waals surface area contributed by atoms with Gasteiger partial charge in [0.05, 0.1) is 18.5 Å². The summed E-state index contributed by atoms with van der Waals surface area (Å²) < 4.78 is 0. The molecule has 26 nitrogen and oxygen atoms in total. The Morgan fingerprint density at radius 2 is 0.942 bits per heavy atom. The summed E-state index contributed by atoms with van der Waals surface area (Å²) in [7, 11) is 0. The Labute approximate surface area is 402 Å². The molecule has 386 valence electrons. The van der Waals surface area contributed by atoms with Crippen LogP contribution in [0.4, 0.5) is 0 Å². The van der Waals surface area contributed by atoms with Crippen molar-refractivity contribution in [2.75, 3.05) is 26.2 Å². The molecule has 1 aromatic rings. The van der Waals surface area contributed by atoms with Crippen molar-refractivity contribution in [1.29, 1.82) is 0 Å². The number of nitrogens with zero attached hydrogens (tertiary/aromatic N) is 3. The normalized spacial score (nSPS) is 13.9. The lowest BCUT2D eigenvalue weighted by Crippen LogP contribution is -2.60. The van der Waals surface area contributed by atoms with Crippen molar-refractivity contribution in [3.05, 3.63) is 35.9 Å². The summed E-state index contributed by atoms with van der Waals surface area (Å²) in [5.74, 6) is -6.11. The van der Waals surface area contributed by atoms with Gasteiger partial charge in [-0.2, -0.15) is 0 Å². The van der Waals surface area contributed by atoms with Crippen molar-refractivity contribution in [2.45, 2.75) is 133 Å². The maximum Gasteiger partial charge on any atom is 0.243 e. The number of primary amides is 1. The van der Waals surface area contributed by atoms with E-state index in [1.54, 1.807) is 44.2 Å². The van der Waals surface area contributed by atoms with Crippen LogP contribution in [-0.2, 0) is 44.8 Å². The second kappa shape index (κ2) is 33.4. The first kappa shape index (κ1) is 59.9. The van der Waals surface area contributed by atoms with Crippen LogP contribution in [-0.4, -0.2) is 134 Å². The van der Waals surface area contributed by atoms with E-state index in [4.69, 9.17) is 51.6 Å². The third kappa shape index (κ3) is 26.7. The number of nitrogens with one attached hydrogen (secondary N) is 6. The van der Waals surface area contributed by atoms with E-state index in [-0.39, 0.29) is 94.8 Å². The topological polar surface area (TPSA) is 480 Å². The van der Waals surface area contributed by atoms with Gasteiger partial charge in [-0.1, -0.05) is 44.2 Å². The van der Waals surface area contributed by atoms with Gasteiger partial charge < -0.3 is 88.3 Å². The van der Waals surface area contributed by atoms with Crippen LogP contribution in [0, 0.1) is 5.92 Å². The Bertz CT molecular complexity index is 1890. The van der Waals surface area contributed by atoms with Crippen molar-refractivity contribution >= 4 is 65.5 Å². The lowest BCUT2D eigenvalue weighted by atomic mass is 9.99. The molecular weight excluding hydrogens is 897 g/mol. The molecule has 69 heavy (non-hydrogen) atoms. The molecule has 0 saturated heterocycles. The van der Waals surface area contributed by atoms with E-state index in [2.05, 4.69) is 46.9 Å². The van der Waals surface area contributed by atoms with Crippen LogP contribution in [0.15, 0.2) is 45.3 Å². The van der Waals surface area contributed by atoms with Crippen molar-refractivity contribution in [3.63, 3.8) is 0 Å². The first-order chi connectivity index (χ1) is 32.7. The summed E-state index contributed by atoms with van der Waals surface area (Å²) in [6.45, 7) is 4.33. The van der Waals surface area contributed by atoms with E-state index in [1.807, 2.05) is 0 Å². The molecule has 0 aliphatic heterocycles. The number of hydrogen-bond donors (Lipinski definition) is 15. The van der Waals surface area contributed by atoms with Gasteiger partial charge >= 0.3 is 0 Å². The van der Waals surface area contributed by atoms with Crippen LogP contribution in [0.1, 0.15) is 90.0 Å². The van der Waals surface area contributed by atoms with E-state index >= 15 is 0 Å². The molecule has 7 amide bonds. The van der Waals surface area contributed by atoms with Gasteiger partial charge in [0.1, 0.15) is 36.5 Å². The Morgan fingerprint density at radius 3 is 1.39 bits per heavy atom. The quantitative estimate of drug-likeness (QED) is 0.0131. The number of nitrogens with two attached hydrogens (primary N) is 9. The Kier molecular flexibility index (Phi) is 29.0. The fourth-order valence-electron chi connectivity index (χ4n) is 6.72. The molecular formula is C43H76N18O8. The molecule has 0 heterocycles. The van der Waals surface area contributed by atoms with E-state index in [0.717, 1.165) is 0 Å². The van der Waals surface area contributed by atoms with E-state index in [9.17, 15) is 38.4 Å². The summed E-state index contributed by atoms with van der Waals surface area (Å²) in [6, 6.07) is 0.0956. The molecule has 0 fully saturated rings. The zero-order valence-electron chi connectivity index (χ0n) is 39.7. The second-order valence-corrected chi connectivity index (χ2v) is 16.8. The number of unbranched alkanes of at least 4 members (excludes halogenated alkanes) is 1. The third-order valence-electron chi connectivity index (χ3n) is 10.2. The molecule has 26 heteroatoms. The minimum atomic E-state index is -1.37. The Morgan fingerprint density at radius 1 is 0.536 bits per heavy atom. The zero-order chi connectivity index (χ0) is 51.9. The summed E-state index contributed by atoms with van der Waals surface area (Å²) in [6.07, 6.45) is 2.13. The van der Waals surface area contributed by atoms with Gasteiger partial charge in [-0.3, -0.25) is 48.5 Å². The Hall–Kier alpha value is -7.09. The van der Waals surface area contributed by atoms with Gasteiger partial charge in [0.2, 0.25) is 41.4 Å². The number of guanidine groups is 3. The van der Waals surface area contributed by atoms with Crippen molar-refractivity contribution < 1.29 is 38.4 Å². The number of carbonyl (C=O) groups is 8. The predicted octanol–water partition coefficient (Wildman–Crippen LogP) is -5.12. The van der Waals surface area contributed by atoms with Gasteiger partial charge in [-0.15, -0.1) is 0 Å². The fraction of sp³-hybridized carbons (Fsp3) is 0.605. The number of carbonyl (C=O) groups excluding carboxylic acids is 8. The standard InChI is InChI=1S/C43H76N18O8/c1-25(2)21-32(60-38(67)30(15-9-19-54-42(49)50)57-35(64)28(45)23-34(46)63)39(68)61-33(22-26-11-4-3-5-12-26)40(69)59-31(16-10-20-55-43(51)52)37(66)58-29(14-6-7-17-44)36(65)56-27(24-62)13-8-18-53-41(47)48/h3-5,11-12,24-25,27-33H,6-10,13-23,44-45H2,1-2H3,(H2,46,63)(H,56,65)(H,57,64)(H,58,66)(H,59,69)(H,60,67)(H,61,68)(H4,47,48,53)(H4,49,50,54)(H4,51,52,55)/t27-,28-,29-,30-,31-,32-,33-/m0/s1. The average molecular weight is 973 g/mol. The van der Waals surface area contributed by atoms with Crippen molar-refractivity contribution in [2.24, 2.45) is 72.5 Å². The highest BCUT2D eigenvalue weighted by Gasteiger charge is 2.34. The van der Waals surface area contributed by atoms with Crippen LogP contribution in [0.3, 0.4) is 0 Å². The fourth-order valence-corrected chi connectivity index (χ4v) is 6.72. The summed E-state index contributed by atoms with van der Waals surface area (Å²) >= 11 is 0. The summed E-state index contributed by atoms with van der Waals surface area (Å²) in [4.78, 5) is 118. The highest BCUT2D eigenvalue weighted by Crippen LogP contribution is 2.12. The molecule has 0 bridgehead atoms. The molecule has 1 aromatic carbocycles. The SMILES string of the molecule is CC(C)C[C@H](NC(=O)[C@H](CCCN=C(N)N)NC(=O)[C@@H](N)CC(N)=O)C(=O)N[C@@H](Cc1ccccc1)C(=O)N[C@@H](CCCN=C(N)N)C(=O)N[C@@H](CCCCN)C(=O)N[C@H](C=O)CCCN=C(N)N.